The van der Waals surface area contributed by atoms with Crippen molar-refractivity contribution >= 4 is 17.2 Å². The lowest BCUT2D eigenvalue weighted by atomic mass is 10.0. The van der Waals surface area contributed by atoms with Crippen molar-refractivity contribution in [3.05, 3.63) is 57.3 Å². The highest BCUT2D eigenvalue weighted by Crippen LogP contribution is 2.18. The Morgan fingerprint density at radius 2 is 2.15 bits per heavy atom. The van der Waals surface area contributed by atoms with Gasteiger partial charge < -0.3 is 10.4 Å². The van der Waals surface area contributed by atoms with Crippen LogP contribution in [0.4, 0.5) is 0 Å². The fraction of sp³-hybridized carbons (Fsp3) is 0.312. The smallest absolute Gasteiger partial charge is 0.251 e. The molecule has 0 unspecified atom stereocenters. The van der Waals surface area contributed by atoms with Gasteiger partial charge in [-0.2, -0.15) is 11.3 Å². The Kier molecular flexibility index (Phi) is 4.93. The minimum absolute atomic E-state index is 0.0799. The molecule has 0 aliphatic heterocycles. The van der Waals surface area contributed by atoms with Gasteiger partial charge in [0.05, 0.1) is 6.10 Å². The zero-order valence-electron chi connectivity index (χ0n) is 11.7. The van der Waals surface area contributed by atoms with Gasteiger partial charge in [0.1, 0.15) is 0 Å². The summed E-state index contributed by atoms with van der Waals surface area (Å²) in [5, 5.41) is 16.7. The molecule has 1 atom stereocenters. The predicted molar refractivity (Wildman–Crippen MR) is 82.1 cm³/mol. The highest BCUT2D eigenvalue weighted by Gasteiger charge is 2.11. The van der Waals surface area contributed by atoms with Crippen LogP contribution in [-0.2, 0) is 0 Å². The molecule has 0 saturated heterocycles. The van der Waals surface area contributed by atoms with Gasteiger partial charge in [-0.25, -0.2) is 0 Å². The summed E-state index contributed by atoms with van der Waals surface area (Å²) in [6.45, 7) is 4.36. The van der Waals surface area contributed by atoms with Crippen molar-refractivity contribution in [2.75, 3.05) is 6.54 Å². The summed E-state index contributed by atoms with van der Waals surface area (Å²) in [5.41, 5.74) is 3.65. The molecule has 2 N–H and O–H groups in total. The number of hydrogen-bond donors (Lipinski definition) is 2. The lowest BCUT2D eigenvalue weighted by molar-refractivity contribution is 0.0942. The number of benzene rings is 1. The van der Waals surface area contributed by atoms with Crippen LogP contribution >= 0.6 is 11.3 Å². The maximum atomic E-state index is 12.1. The molecular formula is C16H19NO2S. The number of nitrogens with one attached hydrogen (secondary N) is 1. The summed E-state index contributed by atoms with van der Waals surface area (Å²) >= 11 is 1.56. The third-order valence-corrected chi connectivity index (χ3v) is 3.97. The second kappa shape index (κ2) is 6.68. The van der Waals surface area contributed by atoms with Gasteiger partial charge in [0.25, 0.3) is 5.91 Å². The molecule has 1 heterocycles. The molecule has 0 aliphatic carbocycles. The Labute approximate surface area is 123 Å². The maximum absolute atomic E-state index is 12.1. The molecule has 2 rings (SSSR count). The van der Waals surface area contributed by atoms with E-state index in [2.05, 4.69) is 5.32 Å². The van der Waals surface area contributed by atoms with E-state index in [9.17, 15) is 9.90 Å². The highest BCUT2D eigenvalue weighted by atomic mass is 32.1. The van der Waals surface area contributed by atoms with Crippen LogP contribution in [0.25, 0.3) is 0 Å². The van der Waals surface area contributed by atoms with Crippen molar-refractivity contribution < 1.29 is 9.90 Å². The third-order valence-electron chi connectivity index (χ3n) is 3.27. The van der Waals surface area contributed by atoms with Gasteiger partial charge >= 0.3 is 0 Å². The number of aliphatic hydroxyl groups is 1. The molecule has 0 fully saturated rings. The van der Waals surface area contributed by atoms with Crippen LogP contribution in [-0.4, -0.2) is 17.6 Å². The number of amides is 1. The van der Waals surface area contributed by atoms with E-state index >= 15 is 0 Å². The van der Waals surface area contributed by atoms with Gasteiger partial charge in [-0.1, -0.05) is 17.7 Å². The van der Waals surface area contributed by atoms with Gasteiger partial charge in [0, 0.05) is 12.1 Å². The van der Waals surface area contributed by atoms with Crippen molar-refractivity contribution in [1.29, 1.82) is 0 Å². The Bertz CT molecular complexity index is 578. The minimum Gasteiger partial charge on any atom is -0.388 e. The topological polar surface area (TPSA) is 49.3 Å². The highest BCUT2D eigenvalue weighted by molar-refractivity contribution is 7.07. The molecule has 0 bridgehead atoms. The summed E-state index contributed by atoms with van der Waals surface area (Å²) in [6, 6.07) is 7.73. The molecule has 0 spiro atoms. The molecule has 1 amide bonds. The molecular weight excluding hydrogens is 270 g/mol. The van der Waals surface area contributed by atoms with Crippen molar-refractivity contribution in [3.8, 4) is 0 Å². The van der Waals surface area contributed by atoms with Crippen molar-refractivity contribution in [3.63, 3.8) is 0 Å². The van der Waals surface area contributed by atoms with Crippen LogP contribution in [0.3, 0.4) is 0 Å². The molecule has 1 aromatic heterocycles. The third kappa shape index (κ3) is 3.68. The number of aliphatic hydroxyl groups excluding tert-OH is 1. The quantitative estimate of drug-likeness (QED) is 0.888. The lowest BCUT2D eigenvalue weighted by Crippen LogP contribution is -2.26. The first-order valence-corrected chi connectivity index (χ1v) is 7.58. The lowest BCUT2D eigenvalue weighted by Gasteiger charge is -2.11. The molecule has 0 aliphatic rings. The van der Waals surface area contributed by atoms with E-state index in [4.69, 9.17) is 0 Å². The van der Waals surface area contributed by atoms with Crippen LogP contribution in [0, 0.1) is 13.8 Å². The van der Waals surface area contributed by atoms with Gasteiger partial charge in [-0.15, -0.1) is 0 Å². The number of carbonyl (C=O) groups excluding carboxylic acids is 1. The Morgan fingerprint density at radius 1 is 1.35 bits per heavy atom. The average Bonchev–Trinajstić information content (AvgIpc) is 2.95. The number of aryl methyl sites for hydroxylation is 2. The Morgan fingerprint density at radius 3 is 2.85 bits per heavy atom. The molecule has 0 saturated carbocycles. The van der Waals surface area contributed by atoms with Crippen molar-refractivity contribution in [2.24, 2.45) is 0 Å². The number of thiophene rings is 1. The molecule has 4 heteroatoms. The van der Waals surface area contributed by atoms with Crippen LogP contribution in [0.5, 0.6) is 0 Å². The van der Waals surface area contributed by atoms with Crippen molar-refractivity contribution in [1.82, 2.24) is 5.32 Å². The van der Waals surface area contributed by atoms with E-state index in [1.807, 2.05) is 48.9 Å². The fourth-order valence-corrected chi connectivity index (χ4v) is 2.74. The van der Waals surface area contributed by atoms with Crippen LogP contribution < -0.4 is 5.32 Å². The molecule has 1 aromatic carbocycles. The van der Waals surface area contributed by atoms with Gasteiger partial charge in [0.2, 0.25) is 0 Å². The first-order chi connectivity index (χ1) is 9.58. The SMILES string of the molecule is Cc1ccc(C)c(C(=O)NCC[C@H](O)c2ccsc2)c1. The monoisotopic (exact) mass is 289 g/mol. The van der Waals surface area contributed by atoms with E-state index in [0.717, 1.165) is 16.7 Å². The molecule has 106 valence electrons. The Hall–Kier alpha value is -1.65. The zero-order valence-corrected chi connectivity index (χ0v) is 12.5. The van der Waals surface area contributed by atoms with Crippen molar-refractivity contribution in [2.45, 2.75) is 26.4 Å². The number of hydrogen-bond acceptors (Lipinski definition) is 3. The standard InChI is InChI=1S/C16H19NO2S/c1-11-3-4-12(2)14(9-11)16(19)17-7-5-15(18)13-6-8-20-10-13/h3-4,6,8-10,15,18H,5,7H2,1-2H3,(H,17,19)/t15-/m0/s1. The number of rotatable bonds is 5. The largest absolute Gasteiger partial charge is 0.388 e. The maximum Gasteiger partial charge on any atom is 0.251 e. The van der Waals surface area contributed by atoms with E-state index in [0.29, 0.717) is 18.5 Å². The van der Waals surface area contributed by atoms with Crippen LogP contribution in [0.1, 0.15) is 39.6 Å². The summed E-state index contributed by atoms with van der Waals surface area (Å²) in [5.74, 6) is -0.0799. The normalized spacial score (nSPS) is 12.2. The minimum atomic E-state index is -0.514. The van der Waals surface area contributed by atoms with Crippen LogP contribution in [0.15, 0.2) is 35.0 Å². The molecule has 2 aromatic rings. The van der Waals surface area contributed by atoms with E-state index in [-0.39, 0.29) is 5.91 Å². The second-order valence-electron chi connectivity index (χ2n) is 4.94. The number of carbonyl (C=O) groups is 1. The predicted octanol–water partition coefficient (Wildman–Crippen LogP) is 3.22. The Balaban J connectivity index is 1.88. The van der Waals surface area contributed by atoms with E-state index < -0.39 is 6.10 Å². The van der Waals surface area contributed by atoms with Gasteiger partial charge in [0.15, 0.2) is 0 Å². The first-order valence-electron chi connectivity index (χ1n) is 6.63. The zero-order chi connectivity index (χ0) is 14.5. The summed E-state index contributed by atoms with van der Waals surface area (Å²) in [7, 11) is 0. The molecule has 20 heavy (non-hydrogen) atoms. The van der Waals surface area contributed by atoms with Gasteiger partial charge in [-0.05, 0) is 54.3 Å². The second-order valence-corrected chi connectivity index (χ2v) is 5.72. The van der Waals surface area contributed by atoms with Gasteiger partial charge in [-0.3, -0.25) is 4.79 Å². The van der Waals surface area contributed by atoms with E-state index in [1.54, 1.807) is 11.3 Å². The molecule has 0 radical (unpaired) electrons. The summed E-state index contributed by atoms with van der Waals surface area (Å²) in [6.07, 6.45) is 0.00742. The molecule has 3 nitrogen and oxygen atoms in total. The summed E-state index contributed by atoms with van der Waals surface area (Å²) < 4.78 is 0. The van der Waals surface area contributed by atoms with E-state index in [1.165, 1.54) is 0 Å². The average molecular weight is 289 g/mol. The fourth-order valence-electron chi connectivity index (χ4n) is 2.03. The van der Waals surface area contributed by atoms with Crippen LogP contribution in [0.2, 0.25) is 0 Å². The first kappa shape index (κ1) is 14.8. The summed E-state index contributed by atoms with van der Waals surface area (Å²) in [4.78, 5) is 12.1.